The molecule has 0 atom stereocenters. The molecule has 0 radical (unpaired) electrons. The van der Waals surface area contributed by atoms with Gasteiger partial charge in [-0.05, 0) is 37.5 Å². The van der Waals surface area contributed by atoms with Gasteiger partial charge in [-0.25, -0.2) is 4.79 Å². The number of aromatic nitrogens is 1. The molecule has 128 valence electrons. The van der Waals surface area contributed by atoms with Crippen LogP contribution < -0.4 is 10.1 Å². The van der Waals surface area contributed by atoms with Gasteiger partial charge in [0, 0.05) is 12.2 Å². The number of carbonyl (C=O) groups excluding carboxylic acids is 2. The summed E-state index contributed by atoms with van der Waals surface area (Å²) >= 11 is 0. The van der Waals surface area contributed by atoms with Gasteiger partial charge in [0.15, 0.2) is 0 Å². The number of hydrogen-bond donors (Lipinski definition) is 2. The van der Waals surface area contributed by atoms with E-state index in [4.69, 9.17) is 9.47 Å². The Morgan fingerprint density at radius 2 is 1.88 bits per heavy atom. The molecule has 0 fully saturated rings. The van der Waals surface area contributed by atoms with Crippen LogP contribution >= 0.6 is 0 Å². The zero-order chi connectivity index (χ0) is 17.7. The molecule has 0 aliphatic carbocycles. The molecule has 0 aliphatic rings. The molecular weight excluding hydrogens is 308 g/mol. The lowest BCUT2D eigenvalue weighted by molar-refractivity contribution is 0.0594. The predicted octanol–water partition coefficient (Wildman–Crippen LogP) is 2.40. The third-order valence-electron chi connectivity index (χ3n) is 3.93. The predicted molar refractivity (Wildman–Crippen MR) is 90.6 cm³/mol. The lowest BCUT2D eigenvalue weighted by Gasteiger charge is -2.09. The molecule has 0 unspecified atom stereocenters. The van der Waals surface area contributed by atoms with Crippen molar-refractivity contribution in [3.8, 4) is 5.75 Å². The number of ether oxygens (including phenoxy) is 2. The minimum atomic E-state index is -0.483. The maximum absolute atomic E-state index is 12.4. The van der Waals surface area contributed by atoms with E-state index in [1.165, 1.54) is 7.11 Å². The van der Waals surface area contributed by atoms with Gasteiger partial charge in [-0.15, -0.1) is 0 Å². The van der Waals surface area contributed by atoms with Gasteiger partial charge < -0.3 is 19.8 Å². The van der Waals surface area contributed by atoms with Crippen molar-refractivity contribution in [2.24, 2.45) is 0 Å². The van der Waals surface area contributed by atoms with E-state index in [2.05, 4.69) is 10.3 Å². The fourth-order valence-corrected chi connectivity index (χ4v) is 2.71. The number of aromatic amines is 1. The average Bonchev–Trinajstić information content (AvgIpc) is 2.89. The normalized spacial score (nSPS) is 10.3. The van der Waals surface area contributed by atoms with Gasteiger partial charge in [0.25, 0.3) is 5.91 Å². The standard InChI is InChI=1S/C18H22N2O4/c1-11-15(12(2)20-16(11)18(22)24-4)17(21)19-10-9-13-7-5-6-8-14(13)23-3/h5-8,20H,9-10H2,1-4H3,(H,19,21). The summed E-state index contributed by atoms with van der Waals surface area (Å²) in [7, 11) is 2.93. The summed E-state index contributed by atoms with van der Waals surface area (Å²) in [5, 5.41) is 2.88. The third-order valence-corrected chi connectivity index (χ3v) is 3.93. The quantitative estimate of drug-likeness (QED) is 0.797. The maximum atomic E-state index is 12.4. The number of nitrogens with one attached hydrogen (secondary N) is 2. The van der Waals surface area contributed by atoms with Crippen molar-refractivity contribution < 1.29 is 19.1 Å². The molecule has 0 aliphatic heterocycles. The highest BCUT2D eigenvalue weighted by molar-refractivity contribution is 6.01. The van der Waals surface area contributed by atoms with Crippen molar-refractivity contribution in [2.45, 2.75) is 20.3 Å². The van der Waals surface area contributed by atoms with Gasteiger partial charge >= 0.3 is 5.97 Å². The summed E-state index contributed by atoms with van der Waals surface area (Å²) in [4.78, 5) is 27.0. The largest absolute Gasteiger partial charge is 0.496 e. The number of amides is 1. The van der Waals surface area contributed by atoms with Gasteiger partial charge in [-0.1, -0.05) is 18.2 Å². The van der Waals surface area contributed by atoms with Crippen molar-refractivity contribution in [3.63, 3.8) is 0 Å². The van der Waals surface area contributed by atoms with Crippen molar-refractivity contribution in [1.29, 1.82) is 0 Å². The first-order valence-corrected chi connectivity index (χ1v) is 7.67. The Morgan fingerprint density at radius 3 is 2.54 bits per heavy atom. The Hall–Kier alpha value is -2.76. The Morgan fingerprint density at radius 1 is 1.17 bits per heavy atom. The first kappa shape index (κ1) is 17.6. The highest BCUT2D eigenvalue weighted by Crippen LogP contribution is 2.19. The van der Waals surface area contributed by atoms with E-state index in [-0.39, 0.29) is 5.91 Å². The Balaban J connectivity index is 2.05. The van der Waals surface area contributed by atoms with E-state index < -0.39 is 5.97 Å². The SMILES string of the molecule is COC(=O)c1[nH]c(C)c(C(=O)NCCc2ccccc2OC)c1C. The number of aryl methyl sites for hydroxylation is 1. The zero-order valence-corrected chi connectivity index (χ0v) is 14.4. The number of methoxy groups -OCH3 is 2. The lowest BCUT2D eigenvalue weighted by Crippen LogP contribution is -2.26. The Bertz CT molecular complexity index is 749. The monoisotopic (exact) mass is 330 g/mol. The molecule has 1 aromatic carbocycles. The second kappa shape index (κ2) is 7.68. The van der Waals surface area contributed by atoms with Gasteiger partial charge in [-0.3, -0.25) is 4.79 Å². The van der Waals surface area contributed by atoms with Crippen molar-refractivity contribution in [3.05, 3.63) is 52.3 Å². The fraction of sp³-hybridized carbons (Fsp3) is 0.333. The molecule has 1 aromatic heterocycles. The van der Waals surface area contributed by atoms with Crippen LogP contribution in [0.3, 0.4) is 0 Å². The molecule has 6 nitrogen and oxygen atoms in total. The first-order valence-electron chi connectivity index (χ1n) is 7.67. The summed E-state index contributed by atoms with van der Waals surface area (Å²) in [6.07, 6.45) is 0.655. The smallest absolute Gasteiger partial charge is 0.354 e. The van der Waals surface area contributed by atoms with Gasteiger partial charge in [0.2, 0.25) is 0 Å². The van der Waals surface area contributed by atoms with Gasteiger partial charge in [-0.2, -0.15) is 0 Å². The Labute approximate surface area is 141 Å². The van der Waals surface area contributed by atoms with E-state index >= 15 is 0 Å². The van der Waals surface area contributed by atoms with Crippen LogP contribution in [0.15, 0.2) is 24.3 Å². The molecule has 1 heterocycles. The van der Waals surface area contributed by atoms with Crippen LogP contribution in [-0.2, 0) is 11.2 Å². The fourth-order valence-electron chi connectivity index (χ4n) is 2.71. The summed E-state index contributed by atoms with van der Waals surface area (Å²) in [5.41, 5.74) is 3.05. The summed E-state index contributed by atoms with van der Waals surface area (Å²) in [6.45, 7) is 3.95. The average molecular weight is 330 g/mol. The molecule has 0 bridgehead atoms. The lowest BCUT2D eigenvalue weighted by atomic mass is 10.1. The number of hydrogen-bond acceptors (Lipinski definition) is 4. The zero-order valence-electron chi connectivity index (χ0n) is 14.4. The van der Waals surface area contributed by atoms with Gasteiger partial charge in [0.1, 0.15) is 11.4 Å². The molecule has 2 N–H and O–H groups in total. The van der Waals surface area contributed by atoms with E-state index in [1.54, 1.807) is 21.0 Å². The van der Waals surface area contributed by atoms with E-state index in [1.807, 2.05) is 24.3 Å². The van der Waals surface area contributed by atoms with Crippen molar-refractivity contribution in [1.82, 2.24) is 10.3 Å². The van der Waals surface area contributed by atoms with Gasteiger partial charge in [0.05, 0.1) is 19.8 Å². The highest BCUT2D eigenvalue weighted by atomic mass is 16.5. The number of rotatable bonds is 6. The number of esters is 1. The van der Waals surface area contributed by atoms with E-state index in [0.717, 1.165) is 11.3 Å². The number of para-hydroxylation sites is 1. The molecule has 0 spiro atoms. The topological polar surface area (TPSA) is 80.4 Å². The van der Waals surface area contributed by atoms with Crippen LogP contribution in [-0.4, -0.2) is 37.6 Å². The second-order valence-electron chi connectivity index (χ2n) is 5.43. The molecule has 0 saturated carbocycles. The van der Waals surface area contributed by atoms with E-state index in [0.29, 0.717) is 35.5 Å². The van der Waals surface area contributed by atoms with Crippen LogP contribution in [0.1, 0.15) is 37.7 Å². The van der Waals surface area contributed by atoms with E-state index in [9.17, 15) is 9.59 Å². The number of carbonyl (C=O) groups is 2. The maximum Gasteiger partial charge on any atom is 0.354 e. The molecule has 6 heteroatoms. The minimum absolute atomic E-state index is 0.216. The highest BCUT2D eigenvalue weighted by Gasteiger charge is 2.22. The summed E-state index contributed by atoms with van der Waals surface area (Å²) in [5.74, 6) is 0.101. The van der Waals surface area contributed by atoms with Crippen LogP contribution in [0.4, 0.5) is 0 Å². The molecule has 24 heavy (non-hydrogen) atoms. The molecule has 1 amide bonds. The van der Waals surface area contributed by atoms with Crippen molar-refractivity contribution in [2.75, 3.05) is 20.8 Å². The second-order valence-corrected chi connectivity index (χ2v) is 5.43. The van der Waals surface area contributed by atoms with Crippen LogP contribution in [0.5, 0.6) is 5.75 Å². The minimum Gasteiger partial charge on any atom is -0.496 e. The van der Waals surface area contributed by atoms with Crippen LogP contribution in [0.25, 0.3) is 0 Å². The molecule has 0 saturated heterocycles. The van der Waals surface area contributed by atoms with Crippen LogP contribution in [0, 0.1) is 13.8 Å². The van der Waals surface area contributed by atoms with Crippen LogP contribution in [0.2, 0.25) is 0 Å². The first-order chi connectivity index (χ1) is 11.5. The number of benzene rings is 1. The Kier molecular flexibility index (Phi) is 5.63. The summed E-state index contributed by atoms with van der Waals surface area (Å²) < 4.78 is 10.0. The summed E-state index contributed by atoms with van der Waals surface area (Å²) in [6, 6.07) is 7.69. The van der Waals surface area contributed by atoms with Crippen molar-refractivity contribution >= 4 is 11.9 Å². The molecular formula is C18H22N2O4. The number of H-pyrrole nitrogens is 1. The third kappa shape index (κ3) is 3.59. The molecule has 2 rings (SSSR count). The molecule has 2 aromatic rings.